The number of aromatic hydroxyl groups is 1. The van der Waals surface area contributed by atoms with Crippen molar-refractivity contribution in [1.82, 2.24) is 0 Å². The van der Waals surface area contributed by atoms with E-state index >= 15 is 0 Å². The first kappa shape index (κ1) is 11.7. The van der Waals surface area contributed by atoms with Gasteiger partial charge in [0, 0.05) is 13.5 Å². The number of ketones is 1. The molecular weight excluding hydrogens is 192 g/mol. The summed E-state index contributed by atoms with van der Waals surface area (Å²) < 4.78 is 5.15. The lowest BCUT2D eigenvalue weighted by atomic mass is 10.0. The molecule has 0 amide bonds. The molecule has 15 heavy (non-hydrogen) atoms. The van der Waals surface area contributed by atoms with E-state index < -0.39 is 6.10 Å². The number of rotatable bonds is 5. The van der Waals surface area contributed by atoms with Gasteiger partial charge in [0.05, 0.1) is 0 Å². The number of hydrogen-bond acceptors (Lipinski definition) is 3. The van der Waals surface area contributed by atoms with Crippen molar-refractivity contribution in [3.05, 3.63) is 29.8 Å². The molecule has 3 heteroatoms. The minimum absolute atomic E-state index is 0.0469. The molecule has 1 unspecified atom stereocenters. The fourth-order valence-corrected chi connectivity index (χ4v) is 1.52. The molecule has 3 nitrogen and oxygen atoms in total. The van der Waals surface area contributed by atoms with Crippen molar-refractivity contribution < 1.29 is 14.6 Å². The monoisotopic (exact) mass is 208 g/mol. The van der Waals surface area contributed by atoms with Crippen molar-refractivity contribution in [1.29, 1.82) is 0 Å². The molecule has 0 aliphatic rings. The lowest BCUT2D eigenvalue weighted by Gasteiger charge is -2.14. The van der Waals surface area contributed by atoms with Gasteiger partial charge in [-0.1, -0.05) is 19.1 Å². The molecule has 1 aromatic carbocycles. The van der Waals surface area contributed by atoms with Gasteiger partial charge in [0.15, 0.2) is 5.78 Å². The maximum absolute atomic E-state index is 11.7. The van der Waals surface area contributed by atoms with Crippen LogP contribution >= 0.6 is 0 Å². The van der Waals surface area contributed by atoms with Crippen LogP contribution in [0.4, 0.5) is 0 Å². The molecule has 0 bridgehead atoms. The zero-order chi connectivity index (χ0) is 11.3. The highest BCUT2D eigenvalue weighted by atomic mass is 16.5. The van der Waals surface area contributed by atoms with Crippen LogP contribution in [0.5, 0.6) is 5.75 Å². The van der Waals surface area contributed by atoms with Crippen molar-refractivity contribution in [3.8, 4) is 5.75 Å². The summed E-state index contributed by atoms with van der Waals surface area (Å²) in [6.07, 6.45) is 0.739. The van der Waals surface area contributed by atoms with E-state index in [2.05, 4.69) is 0 Å². The molecule has 0 aliphatic heterocycles. The Labute approximate surface area is 89.7 Å². The topological polar surface area (TPSA) is 46.5 Å². The fourth-order valence-electron chi connectivity index (χ4n) is 1.52. The van der Waals surface area contributed by atoms with Crippen LogP contribution in [0, 0.1) is 0 Å². The van der Waals surface area contributed by atoms with Crippen molar-refractivity contribution >= 4 is 5.78 Å². The van der Waals surface area contributed by atoms with Crippen LogP contribution in [0.2, 0.25) is 0 Å². The first-order chi connectivity index (χ1) is 7.19. The van der Waals surface area contributed by atoms with Gasteiger partial charge in [0.25, 0.3) is 0 Å². The van der Waals surface area contributed by atoms with Crippen LogP contribution in [0.25, 0.3) is 0 Å². The summed E-state index contributed by atoms with van der Waals surface area (Å²) in [7, 11) is 1.50. The molecule has 1 N–H and O–H groups in total. The van der Waals surface area contributed by atoms with Gasteiger partial charge < -0.3 is 9.84 Å². The number of phenolic OH excluding ortho intramolecular Hbond substituents is 1. The average Bonchev–Trinajstić information content (AvgIpc) is 2.19. The van der Waals surface area contributed by atoms with Gasteiger partial charge >= 0.3 is 0 Å². The molecule has 0 spiro atoms. The molecule has 0 heterocycles. The van der Waals surface area contributed by atoms with Gasteiger partial charge in [0.1, 0.15) is 11.9 Å². The molecule has 0 saturated carbocycles. The Kier molecular flexibility index (Phi) is 4.31. The SMILES string of the molecule is CCCC(=O)C(OC)c1cccc(O)c1. The van der Waals surface area contributed by atoms with E-state index in [0.717, 1.165) is 6.42 Å². The maximum atomic E-state index is 11.7. The van der Waals surface area contributed by atoms with E-state index in [9.17, 15) is 9.90 Å². The minimum Gasteiger partial charge on any atom is -0.508 e. The van der Waals surface area contributed by atoms with Crippen LogP contribution in [-0.2, 0) is 9.53 Å². The predicted octanol–water partition coefficient (Wildman–Crippen LogP) is 2.45. The highest BCUT2D eigenvalue weighted by Gasteiger charge is 2.18. The second-order valence-corrected chi connectivity index (χ2v) is 3.43. The number of carbonyl (C=O) groups excluding carboxylic acids is 1. The van der Waals surface area contributed by atoms with Crippen LogP contribution in [0.1, 0.15) is 31.4 Å². The highest BCUT2D eigenvalue weighted by Crippen LogP contribution is 2.22. The first-order valence-electron chi connectivity index (χ1n) is 5.03. The number of phenols is 1. The summed E-state index contributed by atoms with van der Waals surface area (Å²) in [5, 5.41) is 9.30. The van der Waals surface area contributed by atoms with E-state index in [1.165, 1.54) is 7.11 Å². The molecule has 1 aromatic rings. The Morgan fingerprint density at radius 3 is 2.80 bits per heavy atom. The number of Topliss-reactive ketones (excluding diaryl/α,β-unsaturated/α-hetero) is 1. The standard InChI is InChI=1S/C12H16O3/c1-3-5-11(14)12(15-2)9-6-4-7-10(13)8-9/h4,6-8,12-13H,3,5H2,1-2H3. The summed E-state index contributed by atoms with van der Waals surface area (Å²) in [6, 6.07) is 6.61. The Bertz CT molecular complexity index is 333. The second kappa shape index (κ2) is 5.51. The second-order valence-electron chi connectivity index (χ2n) is 3.43. The maximum Gasteiger partial charge on any atom is 0.166 e. The summed E-state index contributed by atoms with van der Waals surface area (Å²) in [6.45, 7) is 1.95. The minimum atomic E-state index is -0.558. The van der Waals surface area contributed by atoms with Gasteiger partial charge in [-0.3, -0.25) is 4.79 Å². The number of benzene rings is 1. The Balaban J connectivity index is 2.87. The van der Waals surface area contributed by atoms with Gasteiger partial charge in [-0.15, -0.1) is 0 Å². The third-order valence-corrected chi connectivity index (χ3v) is 2.20. The fraction of sp³-hybridized carbons (Fsp3) is 0.417. The van der Waals surface area contributed by atoms with E-state index in [1.54, 1.807) is 24.3 Å². The zero-order valence-electron chi connectivity index (χ0n) is 9.06. The highest BCUT2D eigenvalue weighted by molar-refractivity contribution is 5.84. The van der Waals surface area contributed by atoms with Crippen LogP contribution in [0.15, 0.2) is 24.3 Å². The van der Waals surface area contributed by atoms with Gasteiger partial charge in [-0.05, 0) is 24.1 Å². The molecular formula is C12H16O3. The molecule has 1 rings (SSSR count). The van der Waals surface area contributed by atoms with Gasteiger partial charge in [0.2, 0.25) is 0 Å². The average molecular weight is 208 g/mol. The van der Waals surface area contributed by atoms with Gasteiger partial charge in [-0.2, -0.15) is 0 Å². The largest absolute Gasteiger partial charge is 0.508 e. The number of hydrogen-bond donors (Lipinski definition) is 1. The predicted molar refractivity (Wildman–Crippen MR) is 57.8 cm³/mol. The van der Waals surface area contributed by atoms with E-state index in [4.69, 9.17) is 4.74 Å². The molecule has 0 aromatic heterocycles. The quantitative estimate of drug-likeness (QED) is 0.808. The first-order valence-corrected chi connectivity index (χ1v) is 5.03. The zero-order valence-corrected chi connectivity index (χ0v) is 9.06. The lowest BCUT2D eigenvalue weighted by Crippen LogP contribution is -2.13. The van der Waals surface area contributed by atoms with Crippen LogP contribution in [0.3, 0.4) is 0 Å². The van der Waals surface area contributed by atoms with E-state index in [1.807, 2.05) is 6.92 Å². The summed E-state index contributed by atoms with van der Waals surface area (Å²) in [5.74, 6) is 0.199. The van der Waals surface area contributed by atoms with Crippen molar-refractivity contribution in [2.45, 2.75) is 25.9 Å². The third kappa shape index (κ3) is 3.06. The summed E-state index contributed by atoms with van der Waals surface area (Å²) in [5.41, 5.74) is 0.705. The molecule has 1 atom stereocenters. The smallest absolute Gasteiger partial charge is 0.166 e. The van der Waals surface area contributed by atoms with Crippen LogP contribution in [-0.4, -0.2) is 18.0 Å². The van der Waals surface area contributed by atoms with Crippen LogP contribution < -0.4 is 0 Å². The number of ether oxygens (including phenoxy) is 1. The number of carbonyl (C=O) groups is 1. The normalized spacial score (nSPS) is 12.4. The Morgan fingerprint density at radius 2 is 2.27 bits per heavy atom. The molecule has 82 valence electrons. The third-order valence-electron chi connectivity index (χ3n) is 2.20. The van der Waals surface area contributed by atoms with Crippen molar-refractivity contribution in [2.75, 3.05) is 7.11 Å². The van der Waals surface area contributed by atoms with Gasteiger partial charge in [-0.25, -0.2) is 0 Å². The van der Waals surface area contributed by atoms with E-state index in [0.29, 0.717) is 12.0 Å². The molecule has 0 aliphatic carbocycles. The summed E-state index contributed by atoms with van der Waals surface area (Å²) in [4.78, 5) is 11.7. The number of methoxy groups -OCH3 is 1. The molecule has 0 saturated heterocycles. The Hall–Kier alpha value is -1.35. The molecule has 0 radical (unpaired) electrons. The lowest BCUT2D eigenvalue weighted by molar-refractivity contribution is -0.129. The summed E-state index contributed by atoms with van der Waals surface area (Å²) >= 11 is 0. The molecule has 0 fully saturated rings. The van der Waals surface area contributed by atoms with Crippen molar-refractivity contribution in [2.24, 2.45) is 0 Å². The Morgan fingerprint density at radius 1 is 1.53 bits per heavy atom. The van der Waals surface area contributed by atoms with E-state index in [-0.39, 0.29) is 11.5 Å². The van der Waals surface area contributed by atoms with Crippen molar-refractivity contribution in [3.63, 3.8) is 0 Å².